The van der Waals surface area contributed by atoms with E-state index in [2.05, 4.69) is 12.0 Å². The Morgan fingerprint density at radius 1 is 1.00 bits per heavy atom. The fraction of sp³-hybridized carbons (Fsp3) is 0.917. The zero-order valence-electron chi connectivity index (χ0n) is 11.7. The summed E-state index contributed by atoms with van der Waals surface area (Å²) in [4.78, 5) is 11.6. The molecule has 0 radical (unpaired) electrons. The molecule has 0 fully saturated rings. The highest BCUT2D eigenvalue weighted by Crippen LogP contribution is 2.43. The third kappa shape index (κ3) is 8.67. The van der Waals surface area contributed by atoms with Crippen LogP contribution in [-0.2, 0) is 18.4 Å². The van der Waals surface area contributed by atoms with Gasteiger partial charge in [-0.25, -0.2) is 4.57 Å². The van der Waals surface area contributed by atoms with Crippen LogP contribution in [0.5, 0.6) is 0 Å². The highest BCUT2D eigenvalue weighted by Gasteiger charge is 2.25. The van der Waals surface area contributed by atoms with Gasteiger partial charge >= 0.3 is 7.75 Å². The van der Waals surface area contributed by atoms with Gasteiger partial charge in [-0.2, -0.15) is 0 Å². The van der Waals surface area contributed by atoms with Crippen molar-refractivity contribution in [3.8, 4) is 0 Å². The minimum Gasteiger partial charge on any atom is -0.293 e. The molecule has 6 heteroatoms. The SMILES string of the molecule is CCCCCCCC(=O)NP(=O)(OCC)OCC. The zero-order valence-corrected chi connectivity index (χ0v) is 12.6. The molecule has 0 heterocycles. The number of carbonyl (C=O) groups excluding carboxylic acids is 1. The minimum atomic E-state index is -3.44. The molecule has 108 valence electrons. The summed E-state index contributed by atoms with van der Waals surface area (Å²) in [6.07, 6.45) is 5.71. The summed E-state index contributed by atoms with van der Waals surface area (Å²) in [7, 11) is -3.44. The molecule has 0 aliphatic heterocycles. The first kappa shape index (κ1) is 17.6. The maximum absolute atomic E-state index is 12.0. The van der Waals surface area contributed by atoms with E-state index in [1.54, 1.807) is 13.8 Å². The van der Waals surface area contributed by atoms with Gasteiger partial charge in [0, 0.05) is 6.42 Å². The van der Waals surface area contributed by atoms with Gasteiger partial charge < -0.3 is 0 Å². The van der Waals surface area contributed by atoms with Crippen molar-refractivity contribution in [1.29, 1.82) is 0 Å². The predicted molar refractivity (Wildman–Crippen MR) is 72.4 cm³/mol. The fourth-order valence-corrected chi connectivity index (χ4v) is 2.84. The molecule has 0 bridgehead atoms. The second-order valence-electron chi connectivity index (χ2n) is 4.03. The maximum Gasteiger partial charge on any atom is 0.434 e. The van der Waals surface area contributed by atoms with Crippen molar-refractivity contribution in [3.63, 3.8) is 0 Å². The Bertz CT molecular complexity index is 261. The Balaban J connectivity index is 3.92. The molecule has 0 rings (SSSR count). The lowest BCUT2D eigenvalue weighted by molar-refractivity contribution is -0.119. The van der Waals surface area contributed by atoms with Gasteiger partial charge in [-0.05, 0) is 20.3 Å². The molecular formula is C12H26NO4P. The fourth-order valence-electron chi connectivity index (χ4n) is 1.54. The molecule has 1 N–H and O–H groups in total. The second-order valence-corrected chi connectivity index (χ2v) is 5.77. The van der Waals surface area contributed by atoms with Crippen LogP contribution in [0.1, 0.15) is 59.3 Å². The Hall–Kier alpha value is -0.380. The average Bonchev–Trinajstić information content (AvgIpc) is 2.29. The number of carbonyl (C=O) groups is 1. The molecule has 0 unspecified atom stereocenters. The first-order valence-electron chi connectivity index (χ1n) is 6.78. The second kappa shape index (κ2) is 10.5. The van der Waals surface area contributed by atoms with Crippen molar-refractivity contribution in [3.05, 3.63) is 0 Å². The van der Waals surface area contributed by atoms with Gasteiger partial charge in [0.25, 0.3) is 0 Å². The van der Waals surface area contributed by atoms with E-state index in [1.807, 2.05) is 0 Å². The van der Waals surface area contributed by atoms with Gasteiger partial charge in [0.1, 0.15) is 0 Å². The zero-order chi connectivity index (χ0) is 13.9. The normalized spacial score (nSPS) is 11.5. The summed E-state index contributed by atoms with van der Waals surface area (Å²) in [5.74, 6) is -0.267. The van der Waals surface area contributed by atoms with Gasteiger partial charge in [-0.15, -0.1) is 0 Å². The first-order chi connectivity index (χ1) is 8.58. The molecule has 0 saturated heterocycles. The highest BCUT2D eigenvalue weighted by atomic mass is 31.2. The summed E-state index contributed by atoms with van der Waals surface area (Å²) in [6.45, 7) is 6.06. The van der Waals surface area contributed by atoms with Crippen LogP contribution in [0.15, 0.2) is 0 Å². The van der Waals surface area contributed by atoms with Crippen molar-refractivity contribution < 1.29 is 18.4 Å². The summed E-state index contributed by atoms with van der Waals surface area (Å²) in [6, 6.07) is 0. The van der Waals surface area contributed by atoms with E-state index in [9.17, 15) is 9.36 Å². The lowest BCUT2D eigenvalue weighted by Crippen LogP contribution is -2.22. The van der Waals surface area contributed by atoms with Crippen LogP contribution >= 0.6 is 7.75 Å². The quantitative estimate of drug-likeness (QED) is 0.463. The van der Waals surface area contributed by atoms with E-state index in [0.717, 1.165) is 19.3 Å². The molecule has 0 aromatic carbocycles. The van der Waals surface area contributed by atoms with E-state index < -0.39 is 7.75 Å². The monoisotopic (exact) mass is 279 g/mol. The van der Waals surface area contributed by atoms with Crippen molar-refractivity contribution in [2.45, 2.75) is 59.3 Å². The molecule has 0 aliphatic carbocycles. The van der Waals surface area contributed by atoms with Crippen LogP contribution < -0.4 is 5.09 Å². The summed E-state index contributed by atoms with van der Waals surface area (Å²) < 4.78 is 22.0. The van der Waals surface area contributed by atoms with E-state index in [-0.39, 0.29) is 19.1 Å². The predicted octanol–water partition coefficient (Wildman–Crippen LogP) is 3.64. The van der Waals surface area contributed by atoms with E-state index in [1.165, 1.54) is 12.8 Å². The summed E-state index contributed by atoms with van der Waals surface area (Å²) >= 11 is 0. The van der Waals surface area contributed by atoms with Crippen LogP contribution in [0.3, 0.4) is 0 Å². The largest absolute Gasteiger partial charge is 0.434 e. The van der Waals surface area contributed by atoms with Crippen molar-refractivity contribution in [2.24, 2.45) is 0 Å². The third-order valence-electron chi connectivity index (χ3n) is 2.37. The number of hydrogen-bond acceptors (Lipinski definition) is 4. The molecule has 5 nitrogen and oxygen atoms in total. The topological polar surface area (TPSA) is 64.6 Å². The molecular weight excluding hydrogens is 253 g/mol. The van der Waals surface area contributed by atoms with Crippen LogP contribution in [0.2, 0.25) is 0 Å². The van der Waals surface area contributed by atoms with Crippen molar-refractivity contribution in [1.82, 2.24) is 5.09 Å². The molecule has 1 amide bonds. The lowest BCUT2D eigenvalue weighted by atomic mass is 10.1. The number of hydrogen-bond donors (Lipinski definition) is 1. The maximum atomic E-state index is 12.0. The Morgan fingerprint density at radius 2 is 1.56 bits per heavy atom. The molecule has 0 spiro atoms. The number of nitrogens with one attached hydrogen (secondary N) is 1. The van der Waals surface area contributed by atoms with Gasteiger partial charge in [-0.1, -0.05) is 32.6 Å². The highest BCUT2D eigenvalue weighted by molar-refractivity contribution is 7.52. The standard InChI is InChI=1S/C12H26NO4P/c1-4-7-8-9-10-11-12(14)13-18(15,16-5-2)17-6-3/h4-11H2,1-3H3,(H,13,14,15). The van der Waals surface area contributed by atoms with Gasteiger partial charge in [0.05, 0.1) is 13.2 Å². The van der Waals surface area contributed by atoms with E-state index >= 15 is 0 Å². The smallest absolute Gasteiger partial charge is 0.293 e. The third-order valence-corrected chi connectivity index (χ3v) is 4.09. The Labute approximate surface area is 110 Å². The Kier molecular flexibility index (Phi) is 10.3. The van der Waals surface area contributed by atoms with Crippen LogP contribution in [0, 0.1) is 0 Å². The summed E-state index contributed by atoms with van der Waals surface area (Å²) in [5.41, 5.74) is 0. The molecule has 0 aromatic heterocycles. The number of unbranched alkanes of at least 4 members (excludes halogenated alkanes) is 4. The van der Waals surface area contributed by atoms with Crippen molar-refractivity contribution >= 4 is 13.7 Å². The Morgan fingerprint density at radius 3 is 2.06 bits per heavy atom. The molecule has 0 saturated carbocycles. The molecule has 18 heavy (non-hydrogen) atoms. The summed E-state index contributed by atoms with van der Waals surface area (Å²) in [5, 5.41) is 2.36. The van der Waals surface area contributed by atoms with Gasteiger partial charge in [-0.3, -0.25) is 18.9 Å². The molecule has 0 aliphatic rings. The van der Waals surface area contributed by atoms with Gasteiger partial charge in [0.2, 0.25) is 5.91 Å². The minimum absolute atomic E-state index is 0.244. The lowest BCUT2D eigenvalue weighted by Gasteiger charge is -2.17. The first-order valence-corrected chi connectivity index (χ1v) is 8.32. The molecule has 0 atom stereocenters. The van der Waals surface area contributed by atoms with Crippen LogP contribution in [-0.4, -0.2) is 19.1 Å². The number of rotatable bonds is 11. The average molecular weight is 279 g/mol. The van der Waals surface area contributed by atoms with Crippen LogP contribution in [0.4, 0.5) is 0 Å². The van der Waals surface area contributed by atoms with E-state index in [0.29, 0.717) is 6.42 Å². The number of amides is 1. The van der Waals surface area contributed by atoms with Gasteiger partial charge in [0.15, 0.2) is 0 Å². The van der Waals surface area contributed by atoms with Crippen LogP contribution in [0.25, 0.3) is 0 Å². The van der Waals surface area contributed by atoms with E-state index in [4.69, 9.17) is 9.05 Å². The molecule has 0 aromatic rings. The van der Waals surface area contributed by atoms with Crippen molar-refractivity contribution in [2.75, 3.05) is 13.2 Å².